The van der Waals surface area contributed by atoms with Crippen LogP contribution in [0.3, 0.4) is 0 Å². The average molecular weight is 523 g/mol. The van der Waals surface area contributed by atoms with Gasteiger partial charge in [0.2, 0.25) is 6.43 Å². The minimum atomic E-state index is -2.27. The van der Waals surface area contributed by atoms with Crippen LogP contribution in [0.4, 0.5) is 14.5 Å². The van der Waals surface area contributed by atoms with Crippen molar-refractivity contribution in [1.82, 2.24) is 15.6 Å². The van der Waals surface area contributed by atoms with Crippen LogP contribution >= 0.6 is 11.6 Å². The molecule has 0 aliphatic heterocycles. The van der Waals surface area contributed by atoms with E-state index in [1.807, 2.05) is 32.9 Å². The van der Waals surface area contributed by atoms with Gasteiger partial charge in [-0.05, 0) is 82.7 Å². The molecule has 1 aliphatic carbocycles. The molecule has 0 spiro atoms. The lowest BCUT2D eigenvalue weighted by atomic mass is 9.89. The number of alkyl halides is 2. The van der Waals surface area contributed by atoms with E-state index in [1.165, 1.54) is 0 Å². The minimum absolute atomic E-state index is 0.120. The molecule has 0 atom stereocenters. The van der Waals surface area contributed by atoms with Gasteiger partial charge in [-0.2, -0.15) is 0 Å². The molecule has 1 aromatic heterocycles. The summed E-state index contributed by atoms with van der Waals surface area (Å²) in [6, 6.07) is 5.99. The summed E-state index contributed by atoms with van der Waals surface area (Å²) in [7, 11) is 0. The summed E-state index contributed by atoms with van der Waals surface area (Å²) in [6.07, 6.45) is 1.31. The quantitative estimate of drug-likeness (QED) is 0.397. The van der Waals surface area contributed by atoms with Crippen molar-refractivity contribution in [2.45, 2.75) is 84.9 Å². The maximum atomic E-state index is 13.1. The Hall–Kier alpha value is -2.45. The Kier molecular flexibility index (Phi) is 9.91. The van der Waals surface area contributed by atoms with Crippen molar-refractivity contribution < 1.29 is 13.6 Å². The van der Waals surface area contributed by atoms with E-state index in [4.69, 9.17) is 11.6 Å². The SMILES string of the molecule is CCN(c1cc(Cl)cc(C(=O)NCc2c(C)cc(C)[nH]c2=O)c1C)[C@H]1CC[C@H](NCCC(F)F)CC1. The van der Waals surface area contributed by atoms with Gasteiger partial charge in [-0.15, -0.1) is 0 Å². The predicted molar refractivity (Wildman–Crippen MR) is 142 cm³/mol. The van der Waals surface area contributed by atoms with Gasteiger partial charge < -0.3 is 20.5 Å². The molecule has 36 heavy (non-hydrogen) atoms. The average Bonchev–Trinajstić information content (AvgIpc) is 2.81. The van der Waals surface area contributed by atoms with Crippen molar-refractivity contribution in [2.24, 2.45) is 0 Å². The molecule has 0 unspecified atom stereocenters. The van der Waals surface area contributed by atoms with E-state index >= 15 is 0 Å². The predicted octanol–water partition coefficient (Wildman–Crippen LogP) is 5.27. The number of aromatic amines is 1. The topological polar surface area (TPSA) is 77.2 Å². The molecule has 0 saturated heterocycles. The largest absolute Gasteiger partial charge is 0.369 e. The maximum Gasteiger partial charge on any atom is 0.253 e. The van der Waals surface area contributed by atoms with Crippen LogP contribution in [0.1, 0.15) is 71.8 Å². The van der Waals surface area contributed by atoms with Gasteiger partial charge in [-0.25, -0.2) is 8.78 Å². The zero-order valence-corrected chi connectivity index (χ0v) is 22.3. The van der Waals surface area contributed by atoms with Gasteiger partial charge in [0.1, 0.15) is 0 Å². The standard InChI is InChI=1S/C27H37ClF2N4O2/c1-5-34(21-8-6-20(7-9-21)31-11-10-25(29)30)24-14-19(28)13-22(18(24)4)26(35)32-15-23-16(2)12-17(3)33-27(23)36/h12-14,20-21,25,31H,5-11,15H2,1-4H3,(H,32,35)(H,33,36)/t20-,21-. The summed E-state index contributed by atoms with van der Waals surface area (Å²) in [5.41, 5.74) is 4.19. The summed E-state index contributed by atoms with van der Waals surface area (Å²) in [5.74, 6) is -0.279. The first-order chi connectivity index (χ1) is 17.1. The number of rotatable bonds is 10. The van der Waals surface area contributed by atoms with Crippen molar-refractivity contribution in [1.29, 1.82) is 0 Å². The third-order valence-electron chi connectivity index (χ3n) is 7.09. The first-order valence-corrected chi connectivity index (χ1v) is 13.0. The van der Waals surface area contributed by atoms with Gasteiger partial charge in [0.25, 0.3) is 11.5 Å². The molecule has 1 amide bonds. The van der Waals surface area contributed by atoms with Gasteiger partial charge in [-0.1, -0.05) is 11.6 Å². The molecule has 3 rings (SSSR count). The number of hydrogen-bond donors (Lipinski definition) is 3. The minimum Gasteiger partial charge on any atom is -0.369 e. The smallest absolute Gasteiger partial charge is 0.253 e. The second-order valence-corrected chi connectivity index (χ2v) is 10.1. The van der Waals surface area contributed by atoms with E-state index in [9.17, 15) is 18.4 Å². The number of nitrogens with one attached hydrogen (secondary N) is 3. The van der Waals surface area contributed by atoms with Crippen LogP contribution in [0.25, 0.3) is 0 Å². The zero-order valence-electron chi connectivity index (χ0n) is 21.5. The highest BCUT2D eigenvalue weighted by atomic mass is 35.5. The Morgan fingerprint density at radius 2 is 1.86 bits per heavy atom. The molecular weight excluding hydrogens is 486 g/mol. The Balaban J connectivity index is 1.71. The van der Waals surface area contributed by atoms with Crippen LogP contribution in [0.15, 0.2) is 23.0 Å². The fourth-order valence-electron chi connectivity index (χ4n) is 5.18. The highest BCUT2D eigenvalue weighted by Gasteiger charge is 2.27. The van der Waals surface area contributed by atoms with Crippen LogP contribution in [-0.2, 0) is 6.54 Å². The fraction of sp³-hybridized carbons (Fsp3) is 0.556. The molecule has 2 aromatic rings. The lowest BCUT2D eigenvalue weighted by Gasteiger charge is -2.39. The van der Waals surface area contributed by atoms with E-state index in [-0.39, 0.29) is 36.5 Å². The third kappa shape index (κ3) is 7.07. The molecule has 3 N–H and O–H groups in total. The van der Waals surface area contributed by atoms with E-state index in [0.717, 1.165) is 54.7 Å². The normalized spacial score (nSPS) is 17.9. The Morgan fingerprint density at radius 1 is 1.17 bits per heavy atom. The van der Waals surface area contributed by atoms with E-state index in [0.29, 0.717) is 22.7 Å². The highest BCUT2D eigenvalue weighted by molar-refractivity contribution is 6.31. The Labute approximate surface area is 216 Å². The second-order valence-electron chi connectivity index (χ2n) is 9.65. The van der Waals surface area contributed by atoms with Crippen molar-refractivity contribution in [2.75, 3.05) is 18.0 Å². The summed E-state index contributed by atoms with van der Waals surface area (Å²) >= 11 is 6.46. The molecule has 1 heterocycles. The van der Waals surface area contributed by atoms with Crippen LogP contribution in [0.2, 0.25) is 5.02 Å². The first kappa shape index (κ1) is 28.1. The number of halogens is 3. The fourth-order valence-corrected chi connectivity index (χ4v) is 5.39. The molecule has 1 aromatic carbocycles. The Morgan fingerprint density at radius 3 is 2.47 bits per heavy atom. The lowest BCUT2D eigenvalue weighted by molar-refractivity contribution is 0.0950. The van der Waals surface area contributed by atoms with Crippen molar-refractivity contribution in [3.8, 4) is 0 Å². The number of benzene rings is 1. The lowest BCUT2D eigenvalue weighted by Crippen LogP contribution is -2.43. The molecule has 1 fully saturated rings. The number of carbonyl (C=O) groups is 1. The van der Waals surface area contributed by atoms with Gasteiger partial charge in [0, 0.05) is 65.7 Å². The summed E-state index contributed by atoms with van der Waals surface area (Å²) in [6.45, 7) is 8.91. The van der Waals surface area contributed by atoms with Crippen molar-refractivity contribution >= 4 is 23.2 Å². The second kappa shape index (κ2) is 12.7. The van der Waals surface area contributed by atoms with Crippen molar-refractivity contribution in [3.05, 3.63) is 61.5 Å². The van der Waals surface area contributed by atoms with Gasteiger partial charge >= 0.3 is 0 Å². The van der Waals surface area contributed by atoms with Gasteiger partial charge in [0.15, 0.2) is 0 Å². The van der Waals surface area contributed by atoms with Gasteiger partial charge in [0.05, 0.1) is 0 Å². The number of hydrogen-bond acceptors (Lipinski definition) is 4. The number of amides is 1. The zero-order chi connectivity index (χ0) is 26.4. The first-order valence-electron chi connectivity index (χ1n) is 12.7. The van der Waals surface area contributed by atoms with E-state index < -0.39 is 6.43 Å². The maximum absolute atomic E-state index is 13.1. The molecule has 0 radical (unpaired) electrons. The van der Waals surface area contributed by atoms with E-state index in [2.05, 4.69) is 27.4 Å². The summed E-state index contributed by atoms with van der Waals surface area (Å²) in [4.78, 5) is 30.5. The third-order valence-corrected chi connectivity index (χ3v) is 7.31. The van der Waals surface area contributed by atoms with Crippen LogP contribution in [-0.4, -0.2) is 42.5 Å². The summed E-state index contributed by atoms with van der Waals surface area (Å²) in [5, 5.41) is 6.62. The molecule has 6 nitrogen and oxygen atoms in total. The van der Waals surface area contributed by atoms with Crippen LogP contribution in [0.5, 0.6) is 0 Å². The molecule has 9 heteroatoms. The van der Waals surface area contributed by atoms with Gasteiger partial charge in [-0.3, -0.25) is 9.59 Å². The number of pyridine rings is 1. The number of anilines is 1. The number of carbonyl (C=O) groups excluding carboxylic acids is 1. The summed E-state index contributed by atoms with van der Waals surface area (Å²) < 4.78 is 24.9. The number of aryl methyl sites for hydroxylation is 2. The van der Waals surface area contributed by atoms with Crippen LogP contribution in [0, 0.1) is 20.8 Å². The monoisotopic (exact) mass is 522 g/mol. The van der Waals surface area contributed by atoms with E-state index in [1.54, 1.807) is 6.07 Å². The number of aromatic nitrogens is 1. The molecular formula is C27H37ClF2N4O2. The molecule has 198 valence electrons. The molecule has 0 bridgehead atoms. The molecule has 1 saturated carbocycles. The molecule has 1 aliphatic rings. The number of H-pyrrole nitrogens is 1. The highest BCUT2D eigenvalue weighted by Crippen LogP contribution is 2.33. The van der Waals surface area contributed by atoms with Crippen molar-refractivity contribution in [3.63, 3.8) is 0 Å². The van der Waals surface area contributed by atoms with Crippen LogP contribution < -0.4 is 21.1 Å². The number of nitrogens with zero attached hydrogens (tertiary/aromatic N) is 1. The Bertz CT molecular complexity index is 1110.